The van der Waals surface area contributed by atoms with E-state index >= 15 is 0 Å². The van der Waals surface area contributed by atoms with Crippen LogP contribution in [0, 0.1) is 0 Å². The standard InChI is InChI=1S/C17H11F3N6O2/c18-17(19,20)9-3-1-2-4-10(9)26-15-12(23-16(26)28)13(21)24-14(25-15)8-7-22-6-5-11(8)27/h1-7H,(H,22,27)(H,23,28)(H2,21,24,25). The molecule has 3 heterocycles. The largest absolute Gasteiger partial charge is 0.418 e. The van der Waals surface area contributed by atoms with E-state index in [1.54, 1.807) is 0 Å². The number of aromatic amines is 2. The number of benzene rings is 1. The summed E-state index contributed by atoms with van der Waals surface area (Å²) >= 11 is 0. The predicted octanol–water partition coefficient (Wildman–Crippen LogP) is 2.07. The van der Waals surface area contributed by atoms with Gasteiger partial charge >= 0.3 is 11.9 Å². The van der Waals surface area contributed by atoms with Crippen LogP contribution in [0.25, 0.3) is 28.2 Å². The first kappa shape index (κ1) is 17.5. The third-order valence-electron chi connectivity index (χ3n) is 4.08. The molecule has 0 unspecified atom stereocenters. The maximum Gasteiger partial charge on any atom is 0.418 e. The zero-order chi connectivity index (χ0) is 20.1. The third kappa shape index (κ3) is 2.73. The SMILES string of the molecule is Nc1nc(-c2c[nH]ccc2=O)nc2c1[nH]c(=O)n2-c1ccccc1C(F)(F)F. The number of hydrogen-bond donors (Lipinski definition) is 3. The summed E-state index contributed by atoms with van der Waals surface area (Å²) in [6, 6.07) is 5.81. The quantitative estimate of drug-likeness (QED) is 0.485. The minimum Gasteiger partial charge on any atom is -0.382 e. The Morgan fingerprint density at radius 1 is 1.07 bits per heavy atom. The number of hydrogen-bond acceptors (Lipinski definition) is 5. The van der Waals surface area contributed by atoms with E-state index in [4.69, 9.17) is 5.73 Å². The van der Waals surface area contributed by atoms with Crippen molar-refractivity contribution in [3.63, 3.8) is 0 Å². The molecule has 28 heavy (non-hydrogen) atoms. The highest BCUT2D eigenvalue weighted by Gasteiger charge is 2.34. The molecule has 8 nitrogen and oxygen atoms in total. The number of nitrogens with two attached hydrogens (primary N) is 1. The van der Waals surface area contributed by atoms with E-state index in [2.05, 4.69) is 19.9 Å². The van der Waals surface area contributed by atoms with Gasteiger partial charge in [0.1, 0.15) is 5.52 Å². The van der Waals surface area contributed by atoms with Crippen molar-refractivity contribution < 1.29 is 13.2 Å². The Morgan fingerprint density at radius 3 is 2.54 bits per heavy atom. The van der Waals surface area contributed by atoms with Crippen LogP contribution in [0.1, 0.15) is 5.56 Å². The van der Waals surface area contributed by atoms with Gasteiger partial charge in [-0.25, -0.2) is 19.3 Å². The smallest absolute Gasteiger partial charge is 0.382 e. The second-order valence-electron chi connectivity index (χ2n) is 5.83. The number of nitrogens with zero attached hydrogens (tertiary/aromatic N) is 3. The van der Waals surface area contributed by atoms with E-state index in [1.165, 1.54) is 30.6 Å². The van der Waals surface area contributed by atoms with Gasteiger partial charge in [0.15, 0.2) is 22.7 Å². The number of imidazole rings is 1. The van der Waals surface area contributed by atoms with Gasteiger partial charge in [-0.15, -0.1) is 0 Å². The summed E-state index contributed by atoms with van der Waals surface area (Å²) in [5.74, 6) is -0.298. The molecule has 0 bridgehead atoms. The van der Waals surface area contributed by atoms with Crippen LogP contribution in [0.15, 0.2) is 52.3 Å². The zero-order valence-electron chi connectivity index (χ0n) is 13.9. The summed E-state index contributed by atoms with van der Waals surface area (Å²) in [5, 5.41) is 0. The first-order chi connectivity index (χ1) is 13.3. The van der Waals surface area contributed by atoms with E-state index in [0.29, 0.717) is 0 Å². The van der Waals surface area contributed by atoms with Crippen LogP contribution >= 0.6 is 0 Å². The second kappa shape index (κ2) is 6.08. The van der Waals surface area contributed by atoms with Crippen molar-refractivity contribution >= 4 is 17.0 Å². The van der Waals surface area contributed by atoms with Crippen molar-refractivity contribution in [3.05, 3.63) is 69.0 Å². The fraction of sp³-hybridized carbons (Fsp3) is 0.0588. The van der Waals surface area contributed by atoms with Gasteiger partial charge in [0.05, 0.1) is 16.8 Å². The number of halogens is 3. The molecule has 11 heteroatoms. The van der Waals surface area contributed by atoms with Gasteiger partial charge in [-0.3, -0.25) is 4.79 Å². The number of rotatable bonds is 2. The van der Waals surface area contributed by atoms with Gasteiger partial charge < -0.3 is 15.7 Å². The van der Waals surface area contributed by atoms with Crippen LogP contribution in [-0.4, -0.2) is 24.5 Å². The number of para-hydroxylation sites is 1. The van der Waals surface area contributed by atoms with E-state index in [-0.39, 0.29) is 28.4 Å². The van der Waals surface area contributed by atoms with Gasteiger partial charge in [-0.1, -0.05) is 12.1 Å². The number of fused-ring (bicyclic) bond motifs is 1. The summed E-state index contributed by atoms with van der Waals surface area (Å²) in [5.41, 5.74) is 2.99. The molecule has 4 N–H and O–H groups in total. The predicted molar refractivity (Wildman–Crippen MR) is 95.0 cm³/mol. The van der Waals surface area contributed by atoms with Gasteiger partial charge in [-0.2, -0.15) is 13.2 Å². The summed E-state index contributed by atoms with van der Waals surface area (Å²) < 4.78 is 41.0. The first-order valence-corrected chi connectivity index (χ1v) is 7.89. The van der Waals surface area contributed by atoms with Crippen molar-refractivity contribution in [2.45, 2.75) is 6.18 Å². The lowest BCUT2D eigenvalue weighted by atomic mass is 10.1. The van der Waals surface area contributed by atoms with Crippen LogP contribution in [0.4, 0.5) is 19.0 Å². The van der Waals surface area contributed by atoms with E-state index < -0.39 is 28.5 Å². The molecule has 0 saturated carbocycles. The molecule has 4 rings (SSSR count). The molecule has 4 aromatic rings. The fourth-order valence-electron chi connectivity index (χ4n) is 2.85. The molecule has 142 valence electrons. The third-order valence-corrected chi connectivity index (χ3v) is 4.08. The Morgan fingerprint density at radius 2 is 1.82 bits per heavy atom. The average Bonchev–Trinajstić information content (AvgIpc) is 2.98. The van der Waals surface area contributed by atoms with Crippen LogP contribution in [-0.2, 0) is 6.18 Å². The average molecular weight is 388 g/mol. The highest BCUT2D eigenvalue weighted by atomic mass is 19.4. The molecule has 0 spiro atoms. The highest BCUT2D eigenvalue weighted by molar-refractivity contribution is 5.85. The Bertz CT molecular complexity index is 1320. The minimum absolute atomic E-state index is 0.0295. The molecule has 0 radical (unpaired) electrons. The number of alkyl halides is 3. The van der Waals surface area contributed by atoms with Crippen LogP contribution < -0.4 is 16.9 Å². The van der Waals surface area contributed by atoms with E-state index in [1.807, 2.05) is 0 Å². The van der Waals surface area contributed by atoms with Gasteiger partial charge in [0, 0.05) is 18.5 Å². The molecule has 0 atom stereocenters. The number of aromatic nitrogens is 5. The zero-order valence-corrected chi connectivity index (χ0v) is 13.9. The first-order valence-electron chi connectivity index (χ1n) is 7.89. The van der Waals surface area contributed by atoms with Gasteiger partial charge in [-0.05, 0) is 12.1 Å². The lowest BCUT2D eigenvalue weighted by Crippen LogP contribution is -2.19. The molecule has 0 amide bonds. The molecule has 0 aliphatic heterocycles. The van der Waals surface area contributed by atoms with Crippen molar-refractivity contribution in [1.29, 1.82) is 0 Å². The van der Waals surface area contributed by atoms with E-state index in [0.717, 1.165) is 16.7 Å². The topological polar surface area (TPSA) is 122 Å². The summed E-state index contributed by atoms with van der Waals surface area (Å²) in [4.78, 5) is 37.7. The summed E-state index contributed by atoms with van der Waals surface area (Å²) in [7, 11) is 0. The monoisotopic (exact) mass is 388 g/mol. The molecule has 0 fully saturated rings. The van der Waals surface area contributed by atoms with Gasteiger partial charge in [0.2, 0.25) is 0 Å². The molecule has 0 aliphatic rings. The Balaban J connectivity index is 2.07. The molecule has 1 aromatic carbocycles. The lowest BCUT2D eigenvalue weighted by molar-refractivity contribution is -0.137. The summed E-state index contributed by atoms with van der Waals surface area (Å²) in [6.45, 7) is 0. The van der Waals surface area contributed by atoms with Crippen LogP contribution in [0.3, 0.4) is 0 Å². The second-order valence-corrected chi connectivity index (χ2v) is 5.83. The Hall–Kier alpha value is -3.89. The maximum absolute atomic E-state index is 13.4. The van der Waals surface area contributed by atoms with Crippen molar-refractivity contribution in [2.24, 2.45) is 0 Å². The minimum atomic E-state index is -4.70. The van der Waals surface area contributed by atoms with Crippen molar-refractivity contribution in [2.75, 3.05) is 5.73 Å². The summed E-state index contributed by atoms with van der Waals surface area (Å²) in [6.07, 6.45) is -1.96. The molecular formula is C17H11F3N6O2. The number of nitrogen functional groups attached to an aromatic ring is 1. The molecule has 3 aromatic heterocycles. The Labute approximate surface area is 153 Å². The Kier molecular flexibility index (Phi) is 3.80. The van der Waals surface area contributed by atoms with Gasteiger partial charge in [0.25, 0.3) is 0 Å². The molecular weight excluding hydrogens is 377 g/mol. The van der Waals surface area contributed by atoms with Crippen molar-refractivity contribution in [1.82, 2.24) is 24.5 Å². The number of pyridine rings is 1. The molecule has 0 saturated heterocycles. The van der Waals surface area contributed by atoms with Crippen molar-refractivity contribution in [3.8, 4) is 17.1 Å². The number of anilines is 1. The normalized spacial score (nSPS) is 11.8. The maximum atomic E-state index is 13.4. The highest BCUT2D eigenvalue weighted by Crippen LogP contribution is 2.34. The van der Waals surface area contributed by atoms with Crippen LogP contribution in [0.2, 0.25) is 0 Å². The lowest BCUT2D eigenvalue weighted by Gasteiger charge is -2.13. The number of nitrogens with one attached hydrogen (secondary N) is 2. The van der Waals surface area contributed by atoms with E-state index in [9.17, 15) is 22.8 Å². The number of H-pyrrole nitrogens is 2. The molecule has 0 aliphatic carbocycles. The fourth-order valence-corrected chi connectivity index (χ4v) is 2.85. The van der Waals surface area contributed by atoms with Crippen LogP contribution in [0.5, 0.6) is 0 Å².